The van der Waals surface area contributed by atoms with Gasteiger partial charge in [-0.2, -0.15) is 0 Å². The fourth-order valence-electron chi connectivity index (χ4n) is 3.34. The van der Waals surface area contributed by atoms with Gasteiger partial charge >= 0.3 is 0 Å². The van der Waals surface area contributed by atoms with Gasteiger partial charge in [0.05, 0.1) is 11.9 Å². The lowest BCUT2D eigenvalue weighted by molar-refractivity contribution is 0.111. The van der Waals surface area contributed by atoms with Crippen molar-refractivity contribution in [2.75, 3.05) is 13.6 Å². The average Bonchev–Trinajstić information content (AvgIpc) is 3.04. The van der Waals surface area contributed by atoms with Crippen molar-refractivity contribution in [2.45, 2.75) is 31.3 Å². The third-order valence-corrected chi connectivity index (χ3v) is 6.40. The van der Waals surface area contributed by atoms with E-state index >= 15 is 0 Å². The third-order valence-electron chi connectivity index (χ3n) is 5.22. The molecular weight excluding hydrogens is 396 g/mol. The van der Waals surface area contributed by atoms with Gasteiger partial charge < -0.3 is 15.0 Å². The number of benzene rings is 1. The molecule has 7 heteroatoms. The van der Waals surface area contributed by atoms with E-state index in [4.69, 9.17) is 5.11 Å². The Hall–Kier alpha value is -2.61. The molecule has 0 spiro atoms. The highest BCUT2D eigenvalue weighted by Gasteiger charge is 2.19. The molecular formula is C23H28N4O2S. The molecule has 158 valence electrons. The predicted molar refractivity (Wildman–Crippen MR) is 121 cm³/mol. The van der Waals surface area contributed by atoms with Crippen molar-refractivity contribution in [3.63, 3.8) is 0 Å². The molecule has 6 nitrogen and oxygen atoms in total. The lowest BCUT2D eigenvalue weighted by Gasteiger charge is -2.27. The molecule has 0 atom stereocenters. The van der Waals surface area contributed by atoms with Crippen LogP contribution < -0.4 is 5.32 Å². The molecule has 0 saturated carbocycles. The molecule has 0 fully saturated rings. The number of hydrogen-bond donors (Lipinski definition) is 2. The number of carbonyl (C=O) groups excluding carboxylic acids is 1. The summed E-state index contributed by atoms with van der Waals surface area (Å²) in [7, 11) is 3.77. The van der Waals surface area contributed by atoms with Crippen LogP contribution in [-0.2, 0) is 26.6 Å². The first-order valence-electron chi connectivity index (χ1n) is 9.91. The molecule has 4 rings (SSSR count). The Balaban J connectivity index is 0.000000216. The minimum absolute atomic E-state index is 0.247. The van der Waals surface area contributed by atoms with E-state index in [1.54, 1.807) is 24.2 Å². The Morgan fingerprint density at radius 3 is 2.70 bits per heavy atom. The summed E-state index contributed by atoms with van der Waals surface area (Å²) < 4.78 is 4.33. The molecule has 1 aromatic carbocycles. The molecule has 1 aliphatic heterocycles. The van der Waals surface area contributed by atoms with Crippen LogP contribution in [0.15, 0.2) is 53.7 Å². The minimum Gasteiger partial charge on any atom is -0.506 e. The molecule has 3 aromatic rings. The average molecular weight is 425 g/mol. The molecule has 0 aliphatic carbocycles. The van der Waals surface area contributed by atoms with Gasteiger partial charge in [0.25, 0.3) is 0 Å². The standard InChI is InChI=1S/C16H18N2OS.C7H10N2O/c1-12-16(9-15(11-19)17(12)2)20-18-8-7-13-5-3-4-6-14(13)10-18;1-8-4-6-2-3-9-5-7(6)10/h3-6,9,11H,7-8,10H2,1-2H3;2-3,5,8,10H,4H2,1H3. The Morgan fingerprint density at radius 2 is 2.03 bits per heavy atom. The second kappa shape index (κ2) is 10.4. The summed E-state index contributed by atoms with van der Waals surface area (Å²) >= 11 is 1.76. The van der Waals surface area contributed by atoms with Crippen molar-refractivity contribution in [1.29, 1.82) is 0 Å². The van der Waals surface area contributed by atoms with Crippen LogP contribution in [0.4, 0.5) is 0 Å². The number of fused-ring (bicyclic) bond motifs is 1. The van der Waals surface area contributed by atoms with Crippen molar-refractivity contribution >= 4 is 18.2 Å². The Kier molecular flexibility index (Phi) is 7.68. The number of nitrogens with zero attached hydrogens (tertiary/aromatic N) is 3. The van der Waals surface area contributed by atoms with Crippen LogP contribution in [0.25, 0.3) is 0 Å². The van der Waals surface area contributed by atoms with Gasteiger partial charge in [0, 0.05) is 49.0 Å². The van der Waals surface area contributed by atoms with Gasteiger partial charge in [0.2, 0.25) is 0 Å². The SMILES string of the molecule is CNCc1ccncc1O.Cc1c(SN2CCc3ccccc3C2)cc(C=O)n1C. The van der Waals surface area contributed by atoms with Gasteiger partial charge in [-0.05, 0) is 55.6 Å². The maximum atomic E-state index is 11.0. The number of aromatic nitrogens is 2. The van der Waals surface area contributed by atoms with Crippen LogP contribution in [0.2, 0.25) is 0 Å². The Bertz CT molecular complexity index is 1000. The van der Waals surface area contributed by atoms with Gasteiger partial charge in [-0.25, -0.2) is 4.31 Å². The highest BCUT2D eigenvalue weighted by Crippen LogP contribution is 2.32. The number of carbonyl (C=O) groups is 1. The molecule has 1 aliphatic rings. The van der Waals surface area contributed by atoms with E-state index in [2.05, 4.69) is 45.8 Å². The molecule has 0 unspecified atom stereocenters. The predicted octanol–water partition coefficient (Wildman–Crippen LogP) is 3.72. The zero-order valence-electron chi connectivity index (χ0n) is 17.6. The highest BCUT2D eigenvalue weighted by atomic mass is 32.2. The van der Waals surface area contributed by atoms with Crippen molar-refractivity contribution in [3.05, 3.63) is 76.9 Å². The van der Waals surface area contributed by atoms with Crippen LogP contribution in [0, 0.1) is 6.92 Å². The first-order chi connectivity index (χ1) is 14.5. The molecule has 0 amide bonds. The fraction of sp³-hybridized carbons (Fsp3) is 0.304. The minimum atomic E-state index is 0.247. The number of rotatable bonds is 5. The van der Waals surface area contributed by atoms with Gasteiger partial charge in [-0.15, -0.1) is 0 Å². The first kappa shape index (κ1) is 22.1. The van der Waals surface area contributed by atoms with Gasteiger partial charge in [-0.1, -0.05) is 24.3 Å². The third kappa shape index (κ3) is 5.30. The Labute approximate surface area is 182 Å². The summed E-state index contributed by atoms with van der Waals surface area (Å²) in [5.74, 6) is 0.247. The number of nitrogens with one attached hydrogen (secondary N) is 1. The molecule has 0 radical (unpaired) electrons. The summed E-state index contributed by atoms with van der Waals surface area (Å²) in [5, 5.41) is 12.1. The van der Waals surface area contributed by atoms with E-state index < -0.39 is 0 Å². The van der Waals surface area contributed by atoms with Crippen LogP contribution >= 0.6 is 11.9 Å². The highest BCUT2D eigenvalue weighted by molar-refractivity contribution is 7.97. The van der Waals surface area contributed by atoms with E-state index in [0.29, 0.717) is 6.54 Å². The second-order valence-electron chi connectivity index (χ2n) is 7.20. The lowest BCUT2D eigenvalue weighted by Crippen LogP contribution is -2.24. The maximum absolute atomic E-state index is 11.0. The molecule has 0 saturated heterocycles. The zero-order valence-corrected chi connectivity index (χ0v) is 18.4. The number of aromatic hydroxyl groups is 1. The molecule has 2 N–H and O–H groups in total. The maximum Gasteiger partial charge on any atom is 0.166 e. The van der Waals surface area contributed by atoms with Crippen LogP contribution in [0.1, 0.15) is 32.9 Å². The largest absolute Gasteiger partial charge is 0.506 e. The summed E-state index contributed by atoms with van der Waals surface area (Å²) in [6, 6.07) is 12.4. The molecule has 3 heterocycles. The zero-order chi connectivity index (χ0) is 21.5. The van der Waals surface area contributed by atoms with E-state index in [1.165, 1.54) is 22.2 Å². The summed E-state index contributed by atoms with van der Waals surface area (Å²) in [4.78, 5) is 15.9. The van der Waals surface area contributed by atoms with Crippen LogP contribution in [0.3, 0.4) is 0 Å². The summed E-state index contributed by atoms with van der Waals surface area (Å²) in [6.45, 7) is 4.75. The van der Waals surface area contributed by atoms with Crippen molar-refractivity contribution in [2.24, 2.45) is 7.05 Å². The molecule has 2 aromatic heterocycles. The van der Waals surface area contributed by atoms with Crippen molar-refractivity contribution in [1.82, 2.24) is 19.2 Å². The van der Waals surface area contributed by atoms with Crippen LogP contribution in [0.5, 0.6) is 5.75 Å². The van der Waals surface area contributed by atoms with E-state index in [1.807, 2.05) is 24.7 Å². The number of hydrogen-bond acceptors (Lipinski definition) is 6. The number of aldehydes is 1. The quantitative estimate of drug-likeness (QED) is 0.481. The van der Waals surface area contributed by atoms with Gasteiger partial charge in [-0.3, -0.25) is 9.78 Å². The van der Waals surface area contributed by atoms with E-state index in [0.717, 1.165) is 42.7 Å². The smallest absolute Gasteiger partial charge is 0.166 e. The van der Waals surface area contributed by atoms with Crippen molar-refractivity contribution < 1.29 is 9.90 Å². The van der Waals surface area contributed by atoms with Gasteiger partial charge in [0.1, 0.15) is 5.75 Å². The van der Waals surface area contributed by atoms with Crippen LogP contribution in [-0.4, -0.2) is 38.8 Å². The summed E-state index contributed by atoms with van der Waals surface area (Å²) in [5.41, 5.74) is 5.63. The summed E-state index contributed by atoms with van der Waals surface area (Å²) in [6.07, 6.45) is 5.11. The van der Waals surface area contributed by atoms with E-state index in [-0.39, 0.29) is 5.75 Å². The molecule has 30 heavy (non-hydrogen) atoms. The Morgan fingerprint density at radius 1 is 1.27 bits per heavy atom. The topological polar surface area (TPSA) is 70.4 Å². The second-order valence-corrected chi connectivity index (χ2v) is 8.34. The molecule has 0 bridgehead atoms. The monoisotopic (exact) mass is 424 g/mol. The van der Waals surface area contributed by atoms with Gasteiger partial charge in [0.15, 0.2) is 6.29 Å². The fourth-order valence-corrected chi connectivity index (χ4v) is 4.45. The number of pyridine rings is 1. The first-order valence-corrected chi connectivity index (χ1v) is 10.7. The van der Waals surface area contributed by atoms with E-state index in [9.17, 15) is 4.79 Å². The lowest BCUT2D eigenvalue weighted by atomic mass is 10.0. The normalized spacial score (nSPS) is 13.3. The van der Waals surface area contributed by atoms with Crippen molar-refractivity contribution in [3.8, 4) is 5.75 Å².